The topological polar surface area (TPSA) is 72.1 Å². The first-order valence-electron chi connectivity index (χ1n) is 7.49. The third-order valence-corrected chi connectivity index (χ3v) is 4.20. The predicted molar refractivity (Wildman–Crippen MR) is 87.6 cm³/mol. The molecular formula is C17H13ClN4O2. The third kappa shape index (κ3) is 2.76. The van der Waals surface area contributed by atoms with Gasteiger partial charge in [-0.05, 0) is 24.3 Å². The minimum absolute atomic E-state index is 0.0109. The molecule has 6 nitrogen and oxygen atoms in total. The lowest BCUT2D eigenvalue weighted by atomic mass is 9.99. The number of benzene rings is 1. The van der Waals surface area contributed by atoms with Crippen molar-refractivity contribution >= 4 is 17.5 Å². The summed E-state index contributed by atoms with van der Waals surface area (Å²) in [5.41, 5.74) is 1.44. The number of aromatic nitrogens is 3. The fraction of sp³-hybridized carbons (Fsp3) is 0.176. The van der Waals surface area contributed by atoms with E-state index in [9.17, 15) is 4.79 Å². The zero-order valence-corrected chi connectivity index (χ0v) is 13.3. The van der Waals surface area contributed by atoms with Gasteiger partial charge in [-0.3, -0.25) is 9.78 Å². The van der Waals surface area contributed by atoms with Crippen LogP contribution in [-0.2, 0) is 0 Å². The molecule has 0 unspecified atom stereocenters. The highest BCUT2D eigenvalue weighted by molar-refractivity contribution is 6.30. The van der Waals surface area contributed by atoms with Crippen molar-refractivity contribution in [2.75, 3.05) is 13.1 Å². The van der Waals surface area contributed by atoms with Crippen LogP contribution in [0.25, 0.3) is 11.4 Å². The Morgan fingerprint density at radius 1 is 1.21 bits per heavy atom. The number of nitrogens with zero attached hydrogens (tertiary/aromatic N) is 4. The smallest absolute Gasteiger partial charge is 0.254 e. The van der Waals surface area contributed by atoms with E-state index in [1.807, 2.05) is 12.1 Å². The van der Waals surface area contributed by atoms with Crippen LogP contribution in [0, 0.1) is 0 Å². The van der Waals surface area contributed by atoms with E-state index < -0.39 is 0 Å². The van der Waals surface area contributed by atoms with E-state index in [-0.39, 0.29) is 11.8 Å². The SMILES string of the molecule is O=C(c1ccncc1)N1CC(c2nc(-c3cccc(Cl)c3)no2)C1. The normalized spacial score (nSPS) is 14.5. The van der Waals surface area contributed by atoms with Gasteiger partial charge in [0, 0.05) is 41.6 Å². The lowest BCUT2D eigenvalue weighted by Crippen LogP contribution is -2.48. The van der Waals surface area contributed by atoms with Crippen molar-refractivity contribution in [1.82, 2.24) is 20.0 Å². The summed E-state index contributed by atoms with van der Waals surface area (Å²) in [6.07, 6.45) is 3.22. The Balaban J connectivity index is 1.44. The molecule has 4 rings (SSSR count). The van der Waals surface area contributed by atoms with Gasteiger partial charge in [0.2, 0.25) is 11.7 Å². The van der Waals surface area contributed by atoms with Crippen molar-refractivity contribution in [3.05, 3.63) is 65.3 Å². The minimum Gasteiger partial charge on any atom is -0.339 e. The lowest BCUT2D eigenvalue weighted by Gasteiger charge is -2.37. The molecule has 3 aromatic rings. The standard InChI is InChI=1S/C17H13ClN4O2/c18-14-3-1-2-12(8-14)15-20-16(24-21-15)13-9-22(10-13)17(23)11-4-6-19-7-5-11/h1-8,13H,9-10H2. The Kier molecular flexibility index (Phi) is 3.74. The molecule has 0 N–H and O–H groups in total. The van der Waals surface area contributed by atoms with Gasteiger partial charge in [-0.15, -0.1) is 0 Å². The molecule has 1 fully saturated rings. The summed E-state index contributed by atoms with van der Waals surface area (Å²) < 4.78 is 5.34. The van der Waals surface area contributed by atoms with Crippen molar-refractivity contribution in [3.8, 4) is 11.4 Å². The fourth-order valence-corrected chi connectivity index (χ4v) is 2.81. The van der Waals surface area contributed by atoms with E-state index in [1.165, 1.54) is 0 Å². The van der Waals surface area contributed by atoms with Gasteiger partial charge in [-0.2, -0.15) is 4.98 Å². The molecule has 0 saturated carbocycles. The number of hydrogen-bond acceptors (Lipinski definition) is 5. The van der Waals surface area contributed by atoms with E-state index in [0.29, 0.717) is 35.4 Å². The van der Waals surface area contributed by atoms with Gasteiger partial charge in [0.15, 0.2) is 0 Å². The van der Waals surface area contributed by atoms with Gasteiger partial charge in [-0.1, -0.05) is 28.9 Å². The number of pyridine rings is 1. The van der Waals surface area contributed by atoms with Crippen LogP contribution in [0.3, 0.4) is 0 Å². The first-order valence-corrected chi connectivity index (χ1v) is 7.87. The first kappa shape index (κ1) is 14.8. The quantitative estimate of drug-likeness (QED) is 0.732. The average molecular weight is 341 g/mol. The van der Waals surface area contributed by atoms with E-state index in [4.69, 9.17) is 16.1 Å². The van der Waals surface area contributed by atoms with Gasteiger partial charge in [-0.25, -0.2) is 0 Å². The van der Waals surface area contributed by atoms with Crippen LogP contribution < -0.4 is 0 Å². The van der Waals surface area contributed by atoms with Crippen molar-refractivity contribution < 1.29 is 9.32 Å². The average Bonchev–Trinajstić information content (AvgIpc) is 3.04. The largest absolute Gasteiger partial charge is 0.339 e. The lowest BCUT2D eigenvalue weighted by molar-refractivity contribution is 0.0569. The molecule has 24 heavy (non-hydrogen) atoms. The molecule has 7 heteroatoms. The van der Waals surface area contributed by atoms with Crippen LogP contribution in [0.2, 0.25) is 5.02 Å². The molecule has 0 radical (unpaired) electrons. The minimum atomic E-state index is -0.0109. The van der Waals surface area contributed by atoms with Crippen LogP contribution in [-0.4, -0.2) is 39.0 Å². The molecule has 1 aromatic carbocycles. The maximum absolute atomic E-state index is 12.3. The number of carbonyl (C=O) groups is 1. The van der Waals surface area contributed by atoms with E-state index in [1.54, 1.807) is 41.6 Å². The van der Waals surface area contributed by atoms with Crippen molar-refractivity contribution in [1.29, 1.82) is 0 Å². The Bertz CT molecular complexity index is 875. The predicted octanol–water partition coefficient (Wildman–Crippen LogP) is 3.02. The Hall–Kier alpha value is -2.73. The van der Waals surface area contributed by atoms with Gasteiger partial charge >= 0.3 is 0 Å². The second-order valence-electron chi connectivity index (χ2n) is 5.61. The monoisotopic (exact) mass is 340 g/mol. The summed E-state index contributed by atoms with van der Waals surface area (Å²) in [6, 6.07) is 10.7. The van der Waals surface area contributed by atoms with Crippen LogP contribution in [0.5, 0.6) is 0 Å². The van der Waals surface area contributed by atoms with Gasteiger partial charge in [0.05, 0.1) is 5.92 Å². The molecule has 0 spiro atoms. The van der Waals surface area contributed by atoms with Crippen LogP contribution in [0.4, 0.5) is 0 Å². The maximum Gasteiger partial charge on any atom is 0.254 e. The number of carbonyl (C=O) groups excluding carboxylic acids is 1. The van der Waals surface area contributed by atoms with E-state index in [2.05, 4.69) is 15.1 Å². The molecular weight excluding hydrogens is 328 g/mol. The molecule has 120 valence electrons. The summed E-state index contributed by atoms with van der Waals surface area (Å²) >= 11 is 5.98. The molecule has 1 aliphatic heterocycles. The van der Waals surface area contributed by atoms with Gasteiger partial charge in [0.1, 0.15) is 0 Å². The van der Waals surface area contributed by atoms with Crippen molar-refractivity contribution in [3.63, 3.8) is 0 Å². The number of halogens is 1. The molecule has 3 heterocycles. The van der Waals surface area contributed by atoms with Crippen LogP contribution in [0.15, 0.2) is 53.3 Å². The maximum atomic E-state index is 12.3. The fourth-order valence-electron chi connectivity index (χ4n) is 2.62. The summed E-state index contributed by atoms with van der Waals surface area (Å²) in [6.45, 7) is 1.14. The summed E-state index contributed by atoms with van der Waals surface area (Å²) in [5.74, 6) is 1.11. The number of hydrogen-bond donors (Lipinski definition) is 0. The number of rotatable bonds is 3. The van der Waals surface area contributed by atoms with E-state index >= 15 is 0 Å². The highest BCUT2D eigenvalue weighted by Crippen LogP contribution is 2.29. The van der Waals surface area contributed by atoms with Crippen molar-refractivity contribution in [2.45, 2.75) is 5.92 Å². The molecule has 0 bridgehead atoms. The Morgan fingerprint density at radius 2 is 2.00 bits per heavy atom. The zero-order valence-electron chi connectivity index (χ0n) is 12.6. The summed E-state index contributed by atoms with van der Waals surface area (Å²) in [5, 5.41) is 4.62. The van der Waals surface area contributed by atoms with Gasteiger partial charge in [0.25, 0.3) is 5.91 Å². The number of amides is 1. The van der Waals surface area contributed by atoms with E-state index in [0.717, 1.165) is 5.56 Å². The summed E-state index contributed by atoms with van der Waals surface area (Å²) in [7, 11) is 0. The number of likely N-dealkylation sites (tertiary alicyclic amines) is 1. The zero-order chi connectivity index (χ0) is 16.5. The van der Waals surface area contributed by atoms with Crippen LogP contribution in [0.1, 0.15) is 22.2 Å². The summed E-state index contributed by atoms with van der Waals surface area (Å²) in [4.78, 5) is 22.4. The Labute approximate surface area is 143 Å². The molecule has 1 aliphatic rings. The van der Waals surface area contributed by atoms with Crippen LogP contribution >= 0.6 is 11.6 Å². The second kappa shape index (κ2) is 6.05. The van der Waals surface area contributed by atoms with Crippen molar-refractivity contribution in [2.24, 2.45) is 0 Å². The highest BCUT2D eigenvalue weighted by Gasteiger charge is 2.36. The molecule has 0 aliphatic carbocycles. The first-order chi connectivity index (χ1) is 11.7. The molecule has 0 atom stereocenters. The Morgan fingerprint density at radius 3 is 2.75 bits per heavy atom. The molecule has 2 aromatic heterocycles. The molecule has 1 saturated heterocycles. The highest BCUT2D eigenvalue weighted by atomic mass is 35.5. The third-order valence-electron chi connectivity index (χ3n) is 3.97. The van der Waals surface area contributed by atoms with Gasteiger partial charge < -0.3 is 9.42 Å². The molecule has 1 amide bonds. The second-order valence-corrected chi connectivity index (χ2v) is 6.05.